The molecule has 2 aromatic rings. The molecule has 98 valence electrons. The van der Waals surface area contributed by atoms with Gasteiger partial charge >= 0.3 is 0 Å². The summed E-state index contributed by atoms with van der Waals surface area (Å²) in [6.45, 7) is 0.630. The number of phenols is 1. The van der Waals surface area contributed by atoms with E-state index in [1.165, 1.54) is 11.1 Å². The molecule has 0 amide bonds. The third kappa shape index (κ3) is 2.60. The van der Waals surface area contributed by atoms with E-state index in [4.69, 9.17) is 11.6 Å². The molecule has 19 heavy (non-hydrogen) atoms. The number of aromatic hydroxyl groups is 1. The Hall–Kier alpha value is -1.51. The molecule has 3 heteroatoms. The van der Waals surface area contributed by atoms with Gasteiger partial charge in [-0.3, -0.25) is 0 Å². The highest BCUT2D eigenvalue weighted by Crippen LogP contribution is 2.31. The monoisotopic (exact) mass is 273 g/mol. The fourth-order valence-electron chi connectivity index (χ4n) is 2.70. The second-order valence-corrected chi connectivity index (χ2v) is 5.38. The average Bonchev–Trinajstić information content (AvgIpc) is 2.83. The van der Waals surface area contributed by atoms with E-state index < -0.39 is 0 Å². The van der Waals surface area contributed by atoms with E-state index >= 15 is 0 Å². The van der Waals surface area contributed by atoms with Crippen LogP contribution in [0.1, 0.15) is 29.2 Å². The van der Waals surface area contributed by atoms with Crippen molar-refractivity contribution in [3.05, 3.63) is 64.2 Å². The normalized spacial score (nSPS) is 17.4. The van der Waals surface area contributed by atoms with Crippen LogP contribution in [0.4, 0.5) is 0 Å². The molecule has 0 aromatic heterocycles. The van der Waals surface area contributed by atoms with Gasteiger partial charge in [-0.05, 0) is 42.2 Å². The lowest BCUT2D eigenvalue weighted by Gasteiger charge is -2.15. The molecule has 1 aliphatic carbocycles. The number of aryl methyl sites for hydroxylation is 1. The third-order valence-electron chi connectivity index (χ3n) is 3.71. The molecular formula is C16H16ClNO. The smallest absolute Gasteiger partial charge is 0.120 e. The second kappa shape index (κ2) is 5.24. The van der Waals surface area contributed by atoms with Crippen LogP contribution in [0.25, 0.3) is 0 Å². The van der Waals surface area contributed by atoms with E-state index in [-0.39, 0.29) is 0 Å². The minimum absolute atomic E-state index is 0.295. The molecule has 0 radical (unpaired) electrons. The highest BCUT2D eigenvalue weighted by molar-refractivity contribution is 6.30. The summed E-state index contributed by atoms with van der Waals surface area (Å²) in [6, 6.07) is 14.1. The number of hydrogen-bond acceptors (Lipinski definition) is 2. The molecule has 2 nitrogen and oxygen atoms in total. The number of benzene rings is 2. The van der Waals surface area contributed by atoms with Crippen LogP contribution in [0.15, 0.2) is 42.5 Å². The first-order valence-electron chi connectivity index (χ1n) is 6.52. The van der Waals surface area contributed by atoms with Gasteiger partial charge in [0.25, 0.3) is 0 Å². The van der Waals surface area contributed by atoms with E-state index in [2.05, 4.69) is 29.6 Å². The highest BCUT2D eigenvalue weighted by atomic mass is 35.5. The standard InChI is InChI=1S/C16H16ClNO/c17-13-6-8-16(19)12(9-13)10-18-15-7-5-11-3-1-2-4-14(11)15/h1-4,6,8-9,15,18-19H,5,7,10H2/t15-/m0/s1. The van der Waals surface area contributed by atoms with E-state index in [1.54, 1.807) is 12.1 Å². The minimum atomic E-state index is 0.295. The highest BCUT2D eigenvalue weighted by Gasteiger charge is 2.21. The van der Waals surface area contributed by atoms with Crippen LogP contribution in [0.5, 0.6) is 5.75 Å². The Kier molecular flexibility index (Phi) is 3.45. The predicted molar refractivity (Wildman–Crippen MR) is 77.5 cm³/mol. The molecule has 3 rings (SSSR count). The molecule has 0 fully saturated rings. The van der Waals surface area contributed by atoms with Crippen molar-refractivity contribution >= 4 is 11.6 Å². The molecule has 1 atom stereocenters. The predicted octanol–water partition coefficient (Wildman–Crippen LogP) is 3.82. The molecule has 0 heterocycles. The number of nitrogens with one attached hydrogen (secondary N) is 1. The van der Waals surface area contributed by atoms with Crippen molar-refractivity contribution in [2.75, 3.05) is 0 Å². The SMILES string of the molecule is Oc1ccc(Cl)cc1CN[C@H]1CCc2ccccc21. The van der Waals surface area contributed by atoms with Gasteiger partial charge in [0.1, 0.15) is 5.75 Å². The first-order valence-corrected chi connectivity index (χ1v) is 6.90. The number of phenolic OH excluding ortho intramolecular Hbond substituents is 1. The number of halogens is 1. The molecule has 0 spiro atoms. The molecule has 0 saturated carbocycles. The Labute approximate surface area is 118 Å². The molecule has 2 N–H and O–H groups in total. The maximum atomic E-state index is 9.81. The lowest BCUT2D eigenvalue weighted by molar-refractivity contribution is 0.456. The fourth-order valence-corrected chi connectivity index (χ4v) is 2.89. The van der Waals surface area contributed by atoms with Crippen molar-refractivity contribution < 1.29 is 5.11 Å². The van der Waals surface area contributed by atoms with E-state index in [9.17, 15) is 5.11 Å². The van der Waals surface area contributed by atoms with Gasteiger partial charge < -0.3 is 10.4 Å². The summed E-state index contributed by atoms with van der Waals surface area (Å²) in [6.07, 6.45) is 2.23. The maximum absolute atomic E-state index is 9.81. The number of fused-ring (bicyclic) bond motifs is 1. The zero-order valence-corrected chi connectivity index (χ0v) is 11.3. The molecule has 0 saturated heterocycles. The quantitative estimate of drug-likeness (QED) is 0.891. The summed E-state index contributed by atoms with van der Waals surface area (Å²) in [5, 5.41) is 14.0. The van der Waals surface area contributed by atoms with Gasteiger partial charge in [0, 0.05) is 23.2 Å². The van der Waals surface area contributed by atoms with Crippen molar-refractivity contribution in [2.45, 2.75) is 25.4 Å². The van der Waals surface area contributed by atoms with Gasteiger partial charge in [0.05, 0.1) is 0 Å². The van der Waals surface area contributed by atoms with E-state index in [0.29, 0.717) is 23.4 Å². The topological polar surface area (TPSA) is 32.3 Å². The van der Waals surface area contributed by atoms with Crippen LogP contribution < -0.4 is 5.32 Å². The number of hydrogen-bond donors (Lipinski definition) is 2. The Morgan fingerprint density at radius 1 is 1.21 bits per heavy atom. The zero-order valence-electron chi connectivity index (χ0n) is 10.6. The lowest BCUT2D eigenvalue weighted by atomic mass is 10.1. The zero-order chi connectivity index (χ0) is 13.2. The summed E-state index contributed by atoms with van der Waals surface area (Å²) < 4.78 is 0. The van der Waals surface area contributed by atoms with Crippen LogP contribution >= 0.6 is 11.6 Å². The minimum Gasteiger partial charge on any atom is -0.508 e. The Balaban J connectivity index is 1.72. The lowest BCUT2D eigenvalue weighted by Crippen LogP contribution is -2.18. The van der Waals surface area contributed by atoms with Crippen LogP contribution in [-0.2, 0) is 13.0 Å². The van der Waals surface area contributed by atoms with Crippen LogP contribution in [0.2, 0.25) is 5.02 Å². The van der Waals surface area contributed by atoms with Crippen molar-refractivity contribution in [2.24, 2.45) is 0 Å². The van der Waals surface area contributed by atoms with Crippen LogP contribution in [0, 0.1) is 0 Å². The van der Waals surface area contributed by atoms with E-state index in [1.807, 2.05) is 6.07 Å². The molecular weight excluding hydrogens is 258 g/mol. The summed E-state index contributed by atoms with van der Waals surface area (Å²) in [4.78, 5) is 0. The molecule has 0 unspecified atom stereocenters. The third-order valence-corrected chi connectivity index (χ3v) is 3.95. The molecule has 0 aliphatic heterocycles. The first kappa shape index (κ1) is 12.5. The largest absolute Gasteiger partial charge is 0.508 e. The first-order chi connectivity index (χ1) is 9.24. The Morgan fingerprint density at radius 2 is 2.05 bits per heavy atom. The van der Waals surface area contributed by atoms with Crippen molar-refractivity contribution in [1.82, 2.24) is 5.32 Å². The summed E-state index contributed by atoms with van der Waals surface area (Å²) in [5.41, 5.74) is 3.65. The van der Waals surface area contributed by atoms with Crippen molar-refractivity contribution in [1.29, 1.82) is 0 Å². The number of rotatable bonds is 3. The second-order valence-electron chi connectivity index (χ2n) is 4.94. The summed E-state index contributed by atoms with van der Waals surface area (Å²) >= 11 is 5.95. The fraction of sp³-hybridized carbons (Fsp3) is 0.250. The van der Waals surface area contributed by atoms with Gasteiger partial charge in [-0.2, -0.15) is 0 Å². The Morgan fingerprint density at radius 3 is 2.95 bits per heavy atom. The van der Waals surface area contributed by atoms with Gasteiger partial charge in [-0.25, -0.2) is 0 Å². The van der Waals surface area contributed by atoms with Gasteiger partial charge in [-0.15, -0.1) is 0 Å². The van der Waals surface area contributed by atoms with Crippen molar-refractivity contribution in [3.63, 3.8) is 0 Å². The molecule has 1 aliphatic rings. The molecule has 0 bridgehead atoms. The molecule has 2 aromatic carbocycles. The van der Waals surface area contributed by atoms with E-state index in [0.717, 1.165) is 18.4 Å². The summed E-state index contributed by atoms with van der Waals surface area (Å²) in [7, 11) is 0. The van der Waals surface area contributed by atoms with Gasteiger partial charge in [-0.1, -0.05) is 35.9 Å². The average molecular weight is 274 g/mol. The van der Waals surface area contributed by atoms with Crippen LogP contribution in [-0.4, -0.2) is 5.11 Å². The van der Waals surface area contributed by atoms with Crippen LogP contribution in [0.3, 0.4) is 0 Å². The van der Waals surface area contributed by atoms with Gasteiger partial charge in [0.2, 0.25) is 0 Å². The van der Waals surface area contributed by atoms with Crippen molar-refractivity contribution in [3.8, 4) is 5.75 Å². The summed E-state index contributed by atoms with van der Waals surface area (Å²) in [5.74, 6) is 0.295. The van der Waals surface area contributed by atoms with Gasteiger partial charge in [0.15, 0.2) is 0 Å². The maximum Gasteiger partial charge on any atom is 0.120 e. The Bertz CT molecular complexity index is 597.